The summed E-state index contributed by atoms with van der Waals surface area (Å²) in [5, 5.41) is 10.9. The molecule has 4 rings (SSSR count). The second-order valence-corrected chi connectivity index (χ2v) is 8.03. The molecule has 0 aromatic rings. The molecule has 6 unspecified atom stereocenters. The van der Waals surface area contributed by atoms with E-state index >= 15 is 0 Å². The molecule has 112 valence electrons. The molecule has 0 amide bonds. The second-order valence-electron chi connectivity index (χ2n) is 8.03. The summed E-state index contributed by atoms with van der Waals surface area (Å²) in [4.78, 5) is 15.6. The molecule has 2 aliphatic carbocycles. The average Bonchev–Trinajstić information content (AvgIpc) is 2.55. The van der Waals surface area contributed by atoms with Gasteiger partial charge in [0.2, 0.25) is 0 Å². The van der Waals surface area contributed by atoms with Crippen molar-refractivity contribution in [3.63, 3.8) is 0 Å². The highest BCUT2D eigenvalue weighted by Gasteiger charge is 2.69. The van der Waals surface area contributed by atoms with Gasteiger partial charge in [-0.3, -0.25) is 4.79 Å². The molecular formula is C17H27NO2. The second kappa shape index (κ2) is 4.30. The maximum Gasteiger partial charge on any atom is 0.140 e. The maximum atomic E-state index is 13.1. The van der Waals surface area contributed by atoms with E-state index in [0.29, 0.717) is 17.6 Å². The van der Waals surface area contributed by atoms with Crippen molar-refractivity contribution in [1.29, 1.82) is 0 Å². The predicted molar refractivity (Wildman–Crippen MR) is 77.3 cm³/mol. The lowest BCUT2D eigenvalue weighted by Gasteiger charge is -2.53. The molecule has 3 heteroatoms. The third-order valence-electron chi connectivity index (χ3n) is 7.10. The largest absolute Gasteiger partial charge is 0.392 e. The quantitative estimate of drug-likeness (QED) is 0.738. The fraction of sp³-hybridized carbons (Fsp3) is 0.941. The molecule has 2 aliphatic heterocycles. The number of carbonyl (C=O) groups is 1. The molecular weight excluding hydrogens is 250 g/mol. The number of carbonyl (C=O) groups excluding carboxylic acids is 1. The van der Waals surface area contributed by atoms with Crippen molar-refractivity contribution < 1.29 is 9.90 Å². The number of fused-ring (bicyclic) bond motifs is 1. The molecule has 2 heterocycles. The number of aliphatic hydroxyl groups is 1. The third-order valence-corrected chi connectivity index (χ3v) is 7.10. The Labute approximate surface area is 121 Å². The van der Waals surface area contributed by atoms with E-state index in [4.69, 9.17) is 0 Å². The Balaban J connectivity index is 1.84. The molecule has 1 N–H and O–H groups in total. The lowest BCUT2D eigenvalue weighted by atomic mass is 9.51. The number of Topliss-reactive ketones (excluding diaryl/α,β-unsaturated/α-hetero) is 1. The van der Waals surface area contributed by atoms with Crippen LogP contribution in [0.3, 0.4) is 0 Å². The summed E-state index contributed by atoms with van der Waals surface area (Å²) < 4.78 is 0. The predicted octanol–water partition coefficient (Wildman–Crippen LogP) is 2.23. The SMILES string of the molecule is CC1CC(=O)C23CCCN4CCCC2(C4)C(O)CC3C1. The van der Waals surface area contributed by atoms with Gasteiger partial charge in [-0.1, -0.05) is 6.92 Å². The van der Waals surface area contributed by atoms with Gasteiger partial charge in [-0.2, -0.15) is 0 Å². The van der Waals surface area contributed by atoms with Crippen molar-refractivity contribution in [2.75, 3.05) is 19.6 Å². The van der Waals surface area contributed by atoms with Gasteiger partial charge in [-0.25, -0.2) is 0 Å². The topological polar surface area (TPSA) is 40.5 Å². The van der Waals surface area contributed by atoms with Crippen LogP contribution in [0, 0.1) is 22.7 Å². The molecule has 20 heavy (non-hydrogen) atoms. The van der Waals surface area contributed by atoms with Crippen LogP contribution in [0.5, 0.6) is 0 Å². The molecule has 2 saturated carbocycles. The molecule has 0 aromatic carbocycles. The monoisotopic (exact) mass is 277 g/mol. The van der Waals surface area contributed by atoms with Crippen LogP contribution < -0.4 is 0 Å². The minimum Gasteiger partial charge on any atom is -0.392 e. The molecule has 2 spiro atoms. The summed E-state index contributed by atoms with van der Waals surface area (Å²) >= 11 is 0. The van der Waals surface area contributed by atoms with Crippen molar-refractivity contribution in [2.45, 2.75) is 58.0 Å². The van der Waals surface area contributed by atoms with Crippen LogP contribution in [0.1, 0.15) is 51.9 Å². The van der Waals surface area contributed by atoms with Gasteiger partial charge in [0, 0.05) is 23.8 Å². The van der Waals surface area contributed by atoms with Crippen LogP contribution in [0.25, 0.3) is 0 Å². The van der Waals surface area contributed by atoms with E-state index in [0.717, 1.165) is 58.0 Å². The molecule has 4 aliphatic rings. The van der Waals surface area contributed by atoms with E-state index in [-0.39, 0.29) is 16.9 Å². The standard InChI is InChI=1S/C17H27NO2/c1-12-8-13-10-14(19)16-4-2-6-18(11-16)7-3-5-17(13,16)15(20)9-12/h12-14,19H,2-11H2,1H3. The van der Waals surface area contributed by atoms with E-state index in [9.17, 15) is 9.90 Å². The summed E-state index contributed by atoms with van der Waals surface area (Å²) in [6, 6.07) is 0. The van der Waals surface area contributed by atoms with Crippen molar-refractivity contribution in [1.82, 2.24) is 4.90 Å². The Morgan fingerprint density at radius 2 is 1.95 bits per heavy atom. The Bertz CT molecular complexity index is 437. The van der Waals surface area contributed by atoms with Crippen LogP contribution in [-0.2, 0) is 4.79 Å². The molecule has 0 radical (unpaired) electrons. The number of nitrogens with zero attached hydrogens (tertiary/aromatic N) is 1. The van der Waals surface area contributed by atoms with Gasteiger partial charge in [0.25, 0.3) is 0 Å². The fourth-order valence-electron chi connectivity index (χ4n) is 6.45. The highest BCUT2D eigenvalue weighted by Crippen LogP contribution is 2.67. The van der Waals surface area contributed by atoms with E-state index in [1.165, 1.54) is 6.54 Å². The number of rotatable bonds is 0. The van der Waals surface area contributed by atoms with Crippen LogP contribution in [0.4, 0.5) is 0 Å². The number of aliphatic hydroxyl groups excluding tert-OH is 1. The molecule has 0 aromatic heterocycles. The lowest BCUT2D eigenvalue weighted by Crippen LogP contribution is -2.58. The number of hydrogen-bond acceptors (Lipinski definition) is 3. The Kier molecular flexibility index (Phi) is 2.85. The van der Waals surface area contributed by atoms with E-state index in [1.807, 2.05) is 0 Å². The third kappa shape index (κ3) is 1.46. The zero-order valence-electron chi connectivity index (χ0n) is 12.6. The fourth-order valence-corrected chi connectivity index (χ4v) is 6.45. The first-order valence-electron chi connectivity index (χ1n) is 8.52. The van der Waals surface area contributed by atoms with E-state index < -0.39 is 0 Å². The zero-order valence-corrected chi connectivity index (χ0v) is 12.6. The van der Waals surface area contributed by atoms with Gasteiger partial charge in [0.15, 0.2) is 0 Å². The van der Waals surface area contributed by atoms with Crippen molar-refractivity contribution in [3.05, 3.63) is 0 Å². The van der Waals surface area contributed by atoms with Crippen molar-refractivity contribution in [3.8, 4) is 0 Å². The van der Waals surface area contributed by atoms with Crippen LogP contribution in [0.15, 0.2) is 0 Å². The first-order valence-corrected chi connectivity index (χ1v) is 8.52. The first kappa shape index (κ1) is 13.3. The first-order chi connectivity index (χ1) is 9.58. The molecule has 2 bridgehead atoms. The zero-order chi connectivity index (χ0) is 14.0. The summed E-state index contributed by atoms with van der Waals surface area (Å²) in [7, 11) is 0. The molecule has 6 atom stereocenters. The van der Waals surface area contributed by atoms with Gasteiger partial charge >= 0.3 is 0 Å². The van der Waals surface area contributed by atoms with Gasteiger partial charge in [-0.05, 0) is 63.5 Å². The van der Waals surface area contributed by atoms with E-state index in [1.54, 1.807) is 0 Å². The van der Waals surface area contributed by atoms with Crippen molar-refractivity contribution in [2.24, 2.45) is 22.7 Å². The van der Waals surface area contributed by atoms with E-state index in [2.05, 4.69) is 11.8 Å². The minimum absolute atomic E-state index is 0.108. The Hall–Kier alpha value is -0.410. The van der Waals surface area contributed by atoms with Crippen LogP contribution in [-0.4, -0.2) is 41.5 Å². The van der Waals surface area contributed by atoms with Crippen LogP contribution in [0.2, 0.25) is 0 Å². The number of hydrogen-bond donors (Lipinski definition) is 1. The average molecular weight is 277 g/mol. The van der Waals surface area contributed by atoms with Gasteiger partial charge in [0.1, 0.15) is 5.78 Å². The Morgan fingerprint density at radius 1 is 1.20 bits per heavy atom. The summed E-state index contributed by atoms with van der Waals surface area (Å²) in [6.07, 6.45) is 6.96. The summed E-state index contributed by atoms with van der Waals surface area (Å²) in [6.45, 7) is 5.49. The van der Waals surface area contributed by atoms with Crippen molar-refractivity contribution >= 4 is 5.78 Å². The van der Waals surface area contributed by atoms with Gasteiger partial charge in [-0.15, -0.1) is 0 Å². The maximum absolute atomic E-state index is 13.1. The number of ketones is 1. The molecule has 4 fully saturated rings. The highest BCUT2D eigenvalue weighted by molar-refractivity contribution is 5.88. The Morgan fingerprint density at radius 3 is 2.75 bits per heavy atom. The molecule has 2 saturated heterocycles. The number of piperidine rings is 1. The minimum atomic E-state index is -0.248. The van der Waals surface area contributed by atoms with Gasteiger partial charge in [0.05, 0.1) is 6.10 Å². The normalized spacial score (nSPS) is 55.0. The molecule has 3 nitrogen and oxygen atoms in total. The summed E-state index contributed by atoms with van der Waals surface area (Å²) in [5.74, 6) is 1.47. The highest BCUT2D eigenvalue weighted by atomic mass is 16.3. The lowest BCUT2D eigenvalue weighted by molar-refractivity contribution is -0.153. The smallest absolute Gasteiger partial charge is 0.140 e. The summed E-state index contributed by atoms with van der Waals surface area (Å²) in [5.41, 5.74) is -0.280. The van der Waals surface area contributed by atoms with Gasteiger partial charge < -0.3 is 10.0 Å². The van der Waals surface area contributed by atoms with Crippen LogP contribution >= 0.6 is 0 Å².